The lowest BCUT2D eigenvalue weighted by molar-refractivity contribution is -0.120. The first-order valence-corrected chi connectivity index (χ1v) is 11.9. The minimum atomic E-state index is -0.154. The minimum absolute atomic E-state index is 0.154. The topological polar surface area (TPSA) is 79.0 Å². The second-order valence-electron chi connectivity index (χ2n) is 8.88. The van der Waals surface area contributed by atoms with Crippen molar-refractivity contribution >= 4 is 16.8 Å². The molecule has 0 saturated carbocycles. The summed E-state index contributed by atoms with van der Waals surface area (Å²) in [5.41, 5.74) is 4.37. The second-order valence-corrected chi connectivity index (χ2v) is 8.88. The maximum atomic E-state index is 12.9. The molecule has 0 amide bonds. The van der Waals surface area contributed by atoms with E-state index < -0.39 is 0 Å². The molecule has 6 heteroatoms. The van der Waals surface area contributed by atoms with Crippen molar-refractivity contribution in [1.29, 1.82) is 0 Å². The van der Waals surface area contributed by atoms with Gasteiger partial charge in [-0.15, -0.1) is 0 Å². The molecule has 2 aromatic carbocycles. The fourth-order valence-electron chi connectivity index (χ4n) is 4.78. The zero-order valence-corrected chi connectivity index (χ0v) is 19.4. The fraction of sp³-hybridized carbons (Fsp3) is 0.286. The highest BCUT2D eigenvalue weighted by Crippen LogP contribution is 2.33. The molecule has 6 nitrogen and oxygen atoms in total. The van der Waals surface area contributed by atoms with Crippen LogP contribution in [-0.4, -0.2) is 41.4 Å². The van der Waals surface area contributed by atoms with Gasteiger partial charge in [0.05, 0.1) is 18.0 Å². The van der Waals surface area contributed by atoms with Crippen molar-refractivity contribution < 1.29 is 9.53 Å². The minimum Gasteiger partial charge on any atom is -0.457 e. The van der Waals surface area contributed by atoms with Crippen LogP contribution in [0.25, 0.3) is 11.0 Å². The number of Topliss-reactive ketones (excluding diaryl/α,β-unsaturated/α-hetero) is 1. The van der Waals surface area contributed by atoms with Crippen molar-refractivity contribution in [2.45, 2.75) is 31.7 Å². The number of carbonyl (C=O) groups is 1. The molecule has 2 unspecified atom stereocenters. The summed E-state index contributed by atoms with van der Waals surface area (Å²) in [5.74, 6) is 1.96. The zero-order valence-electron chi connectivity index (χ0n) is 19.4. The molecule has 2 aromatic heterocycles. The second kappa shape index (κ2) is 10.2. The standard InChI is InChI=1S/C28H30N4O2/c1-19-17-32-28-26(19)25(13-16-31-28)34-22-9-7-21(8-10-22)23-12-15-30-27(23)24(33)18-29-14-11-20-5-3-2-4-6-20/h2-10,13,16-17,23,27,29-30H,11-12,14-15,18H2,1H3,(H,31,32). The Balaban J connectivity index is 1.19. The van der Waals surface area contributed by atoms with Crippen LogP contribution in [0.3, 0.4) is 0 Å². The number of ether oxygens (including phenoxy) is 1. The van der Waals surface area contributed by atoms with E-state index in [9.17, 15) is 4.79 Å². The predicted molar refractivity (Wildman–Crippen MR) is 135 cm³/mol. The van der Waals surface area contributed by atoms with Gasteiger partial charge in [0, 0.05) is 18.3 Å². The molecule has 1 fully saturated rings. The van der Waals surface area contributed by atoms with E-state index in [2.05, 4.69) is 44.9 Å². The number of aromatic nitrogens is 2. The molecule has 1 saturated heterocycles. The molecule has 0 aliphatic carbocycles. The molecule has 0 bridgehead atoms. The van der Waals surface area contributed by atoms with Crippen LogP contribution in [0.5, 0.6) is 11.5 Å². The number of nitrogens with one attached hydrogen (secondary N) is 3. The Kier molecular flexibility index (Phi) is 6.70. The van der Waals surface area contributed by atoms with Crippen LogP contribution in [-0.2, 0) is 11.2 Å². The van der Waals surface area contributed by atoms with Crippen molar-refractivity contribution in [1.82, 2.24) is 20.6 Å². The van der Waals surface area contributed by atoms with Crippen molar-refractivity contribution in [2.75, 3.05) is 19.6 Å². The molecule has 3 heterocycles. The Morgan fingerprint density at radius 2 is 1.94 bits per heavy atom. The lowest BCUT2D eigenvalue weighted by atomic mass is 9.89. The summed E-state index contributed by atoms with van der Waals surface area (Å²) in [6.07, 6.45) is 5.56. The van der Waals surface area contributed by atoms with Gasteiger partial charge in [-0.1, -0.05) is 42.5 Å². The van der Waals surface area contributed by atoms with Gasteiger partial charge < -0.3 is 20.4 Å². The maximum Gasteiger partial charge on any atom is 0.164 e. The van der Waals surface area contributed by atoms with E-state index in [0.29, 0.717) is 6.54 Å². The van der Waals surface area contributed by atoms with Crippen LogP contribution >= 0.6 is 0 Å². The van der Waals surface area contributed by atoms with E-state index in [4.69, 9.17) is 4.74 Å². The van der Waals surface area contributed by atoms with Gasteiger partial charge in [0.1, 0.15) is 17.1 Å². The van der Waals surface area contributed by atoms with Crippen molar-refractivity contribution in [3.63, 3.8) is 0 Å². The monoisotopic (exact) mass is 454 g/mol. The Morgan fingerprint density at radius 1 is 1.12 bits per heavy atom. The third kappa shape index (κ3) is 4.88. The van der Waals surface area contributed by atoms with Gasteiger partial charge in [-0.25, -0.2) is 4.98 Å². The number of ketones is 1. The van der Waals surface area contributed by atoms with E-state index in [1.54, 1.807) is 6.20 Å². The number of aryl methyl sites for hydroxylation is 1. The van der Waals surface area contributed by atoms with Gasteiger partial charge in [-0.3, -0.25) is 4.79 Å². The fourth-order valence-corrected chi connectivity index (χ4v) is 4.78. The maximum absolute atomic E-state index is 12.9. The van der Waals surface area contributed by atoms with Gasteiger partial charge in [0.15, 0.2) is 5.78 Å². The Hall–Kier alpha value is -3.48. The number of H-pyrrole nitrogens is 1. The highest BCUT2D eigenvalue weighted by atomic mass is 16.5. The van der Waals surface area contributed by atoms with Crippen LogP contribution in [0, 0.1) is 6.92 Å². The number of carbonyl (C=O) groups excluding carboxylic acids is 1. The predicted octanol–water partition coefficient (Wildman–Crippen LogP) is 4.51. The smallest absolute Gasteiger partial charge is 0.164 e. The van der Waals surface area contributed by atoms with E-state index in [1.807, 2.05) is 49.5 Å². The zero-order chi connectivity index (χ0) is 23.3. The van der Waals surface area contributed by atoms with Crippen LogP contribution < -0.4 is 15.4 Å². The van der Waals surface area contributed by atoms with Crippen molar-refractivity contribution in [3.8, 4) is 11.5 Å². The number of benzene rings is 2. The molecule has 1 aliphatic heterocycles. The Bertz CT molecular complexity index is 1250. The quantitative estimate of drug-likeness (QED) is 0.324. The first kappa shape index (κ1) is 22.3. The van der Waals surface area contributed by atoms with E-state index in [-0.39, 0.29) is 17.7 Å². The molecule has 34 heavy (non-hydrogen) atoms. The van der Waals surface area contributed by atoms with Gasteiger partial charge in [0.2, 0.25) is 0 Å². The van der Waals surface area contributed by atoms with Crippen LogP contribution in [0.2, 0.25) is 0 Å². The van der Waals surface area contributed by atoms with E-state index in [1.165, 1.54) is 5.56 Å². The molecule has 0 radical (unpaired) electrons. The molecule has 4 aromatic rings. The van der Waals surface area contributed by atoms with Crippen LogP contribution in [0.1, 0.15) is 29.0 Å². The lowest BCUT2D eigenvalue weighted by Gasteiger charge is -2.19. The van der Waals surface area contributed by atoms with Crippen LogP contribution in [0.4, 0.5) is 0 Å². The number of nitrogens with zero attached hydrogens (tertiary/aromatic N) is 1. The van der Waals surface area contributed by atoms with E-state index >= 15 is 0 Å². The van der Waals surface area contributed by atoms with Gasteiger partial charge in [0.25, 0.3) is 0 Å². The molecule has 2 atom stereocenters. The number of aromatic amines is 1. The molecule has 1 aliphatic rings. The van der Waals surface area contributed by atoms with Gasteiger partial charge >= 0.3 is 0 Å². The van der Waals surface area contributed by atoms with Crippen LogP contribution in [0.15, 0.2) is 73.1 Å². The summed E-state index contributed by atoms with van der Waals surface area (Å²) < 4.78 is 6.17. The highest BCUT2D eigenvalue weighted by molar-refractivity contribution is 5.87. The highest BCUT2D eigenvalue weighted by Gasteiger charge is 2.33. The average Bonchev–Trinajstić information content (AvgIpc) is 3.51. The molecule has 5 rings (SSSR count). The normalized spacial score (nSPS) is 17.8. The summed E-state index contributed by atoms with van der Waals surface area (Å²) in [6, 6.07) is 20.2. The molecule has 174 valence electrons. The number of hydrogen-bond donors (Lipinski definition) is 3. The van der Waals surface area contributed by atoms with Crippen molar-refractivity contribution in [2.24, 2.45) is 0 Å². The summed E-state index contributed by atoms with van der Waals surface area (Å²) in [5, 5.41) is 7.73. The van der Waals surface area contributed by atoms with Gasteiger partial charge in [-0.2, -0.15) is 0 Å². The Labute approximate surface area is 199 Å². The van der Waals surface area contributed by atoms with E-state index in [0.717, 1.165) is 59.6 Å². The lowest BCUT2D eigenvalue weighted by Crippen LogP contribution is -2.40. The first-order valence-electron chi connectivity index (χ1n) is 11.9. The third-order valence-electron chi connectivity index (χ3n) is 6.57. The number of hydrogen-bond acceptors (Lipinski definition) is 5. The number of rotatable bonds is 9. The molecule has 3 N–H and O–H groups in total. The molecule has 0 spiro atoms. The number of fused-ring (bicyclic) bond motifs is 1. The largest absolute Gasteiger partial charge is 0.457 e. The first-order chi connectivity index (χ1) is 16.7. The SMILES string of the molecule is Cc1c[nH]c2nccc(Oc3ccc(C4CCNC4C(=O)CNCCc4ccccc4)cc3)c12. The molecular weight excluding hydrogens is 424 g/mol. The average molecular weight is 455 g/mol. The summed E-state index contributed by atoms with van der Waals surface area (Å²) in [6.45, 7) is 4.07. The Morgan fingerprint density at radius 3 is 2.76 bits per heavy atom. The number of pyridine rings is 1. The third-order valence-corrected chi connectivity index (χ3v) is 6.57. The molecular formula is C28H30N4O2. The summed E-state index contributed by atoms with van der Waals surface area (Å²) >= 11 is 0. The van der Waals surface area contributed by atoms with Crippen molar-refractivity contribution in [3.05, 3.63) is 89.7 Å². The summed E-state index contributed by atoms with van der Waals surface area (Å²) in [4.78, 5) is 20.4. The van der Waals surface area contributed by atoms with Gasteiger partial charge in [-0.05, 0) is 67.7 Å². The summed E-state index contributed by atoms with van der Waals surface area (Å²) in [7, 11) is 0.